The van der Waals surface area contributed by atoms with Crippen LogP contribution in [0.4, 0.5) is 0 Å². The molecule has 5 heteroatoms. The van der Waals surface area contributed by atoms with Crippen molar-refractivity contribution in [2.75, 3.05) is 0 Å². The molecule has 2 N–H and O–H groups in total. The molecule has 0 amide bonds. The van der Waals surface area contributed by atoms with Crippen molar-refractivity contribution in [1.82, 2.24) is 15.2 Å². The van der Waals surface area contributed by atoms with Gasteiger partial charge in [0.1, 0.15) is 0 Å². The first-order chi connectivity index (χ1) is 3.83. The Hall–Kier alpha value is -0.710. The molecule has 0 atom stereocenters. The van der Waals surface area contributed by atoms with Crippen LogP contribution in [-0.2, 0) is 0 Å². The maximum absolute atomic E-state index is 10.2. The van der Waals surface area contributed by atoms with Gasteiger partial charge in [0.05, 0.1) is 0 Å². The second-order valence-corrected chi connectivity index (χ2v) is 1.80. The average Bonchev–Trinajstić information content (AvgIpc) is 2.14. The number of thioether (sulfide) groups is 1. The summed E-state index contributed by atoms with van der Waals surface area (Å²) < 4.78 is 0. The van der Waals surface area contributed by atoms with E-state index in [1.165, 1.54) is 0 Å². The molecule has 0 aliphatic rings. The minimum Gasteiger partial charge on any atom is -0.284 e. The number of aromatic nitrogens is 3. The molecule has 0 unspecified atom stereocenters. The SMILES string of the molecule is [CH2]Sc1n[nH]c(=O)[nH]1. The summed E-state index contributed by atoms with van der Waals surface area (Å²) in [6.45, 7) is 0. The van der Waals surface area contributed by atoms with Crippen LogP contribution < -0.4 is 5.69 Å². The van der Waals surface area contributed by atoms with Gasteiger partial charge in [-0.3, -0.25) is 4.98 Å². The predicted octanol–water partition coefficient (Wildman–Crippen LogP) is -0.0183. The zero-order chi connectivity index (χ0) is 5.98. The monoisotopic (exact) mass is 130 g/mol. The summed E-state index contributed by atoms with van der Waals surface area (Å²) >= 11 is 1.14. The number of nitrogens with zero attached hydrogens (tertiary/aromatic N) is 1. The molecular weight excluding hydrogens is 126 g/mol. The van der Waals surface area contributed by atoms with Gasteiger partial charge in [-0.25, -0.2) is 9.89 Å². The lowest BCUT2D eigenvalue weighted by atomic mass is 11.3. The number of H-pyrrole nitrogens is 2. The van der Waals surface area contributed by atoms with E-state index in [1.54, 1.807) is 0 Å². The van der Waals surface area contributed by atoms with E-state index in [4.69, 9.17) is 0 Å². The summed E-state index contributed by atoms with van der Waals surface area (Å²) in [5.41, 5.74) is -0.295. The third-order valence-corrected chi connectivity index (χ3v) is 1.08. The molecule has 1 aromatic heterocycles. The number of rotatable bonds is 1. The zero-order valence-corrected chi connectivity index (χ0v) is 4.79. The maximum atomic E-state index is 10.2. The van der Waals surface area contributed by atoms with Gasteiger partial charge in [-0.05, 0) is 0 Å². The van der Waals surface area contributed by atoms with Crippen molar-refractivity contribution in [3.8, 4) is 0 Å². The second kappa shape index (κ2) is 2.04. The Morgan fingerprint density at radius 3 is 2.75 bits per heavy atom. The summed E-state index contributed by atoms with van der Waals surface area (Å²) in [6, 6.07) is 0. The Bertz CT molecular complexity index is 214. The molecule has 1 aromatic rings. The summed E-state index contributed by atoms with van der Waals surface area (Å²) in [5, 5.41) is 6.25. The molecule has 43 valence electrons. The van der Waals surface area contributed by atoms with Gasteiger partial charge < -0.3 is 0 Å². The predicted molar refractivity (Wildman–Crippen MR) is 30.4 cm³/mol. The van der Waals surface area contributed by atoms with Crippen molar-refractivity contribution >= 4 is 11.8 Å². The molecule has 0 bridgehead atoms. The third kappa shape index (κ3) is 0.919. The highest BCUT2D eigenvalue weighted by molar-refractivity contribution is 8.00. The average molecular weight is 130 g/mol. The van der Waals surface area contributed by atoms with Gasteiger partial charge in [0, 0.05) is 6.26 Å². The van der Waals surface area contributed by atoms with Crippen molar-refractivity contribution in [3.63, 3.8) is 0 Å². The third-order valence-electron chi connectivity index (χ3n) is 0.616. The number of hydrogen-bond donors (Lipinski definition) is 2. The minimum absolute atomic E-state index is 0.295. The molecule has 0 fully saturated rings. The Labute approximate surface area is 49.7 Å². The molecule has 0 aromatic carbocycles. The quantitative estimate of drug-likeness (QED) is 0.525. The molecule has 1 rings (SSSR count). The molecule has 8 heavy (non-hydrogen) atoms. The highest BCUT2D eigenvalue weighted by atomic mass is 32.2. The van der Waals surface area contributed by atoms with Crippen LogP contribution in [0.15, 0.2) is 9.95 Å². The van der Waals surface area contributed by atoms with Crippen LogP contribution >= 0.6 is 11.8 Å². The zero-order valence-electron chi connectivity index (χ0n) is 3.97. The smallest absolute Gasteiger partial charge is 0.284 e. The summed E-state index contributed by atoms with van der Waals surface area (Å²) in [5.74, 6) is 0. The van der Waals surface area contributed by atoms with Crippen LogP contribution in [0.3, 0.4) is 0 Å². The topological polar surface area (TPSA) is 61.5 Å². The van der Waals surface area contributed by atoms with Gasteiger partial charge in [-0.15, -0.1) is 5.10 Å². The Morgan fingerprint density at radius 1 is 1.75 bits per heavy atom. The fraction of sp³-hybridized carbons (Fsp3) is 0. The van der Waals surface area contributed by atoms with E-state index in [9.17, 15) is 4.79 Å². The maximum Gasteiger partial charge on any atom is 0.341 e. The van der Waals surface area contributed by atoms with Crippen LogP contribution in [0.5, 0.6) is 0 Å². The van der Waals surface area contributed by atoms with E-state index in [1.807, 2.05) is 0 Å². The van der Waals surface area contributed by atoms with Crippen LogP contribution in [0.1, 0.15) is 0 Å². The number of aromatic amines is 2. The van der Waals surface area contributed by atoms with E-state index in [-0.39, 0.29) is 5.69 Å². The summed E-state index contributed by atoms with van der Waals surface area (Å²) in [4.78, 5) is 12.6. The summed E-state index contributed by atoms with van der Waals surface area (Å²) in [7, 11) is 0. The number of hydrogen-bond acceptors (Lipinski definition) is 3. The molecule has 0 aliphatic carbocycles. The Morgan fingerprint density at radius 2 is 2.50 bits per heavy atom. The van der Waals surface area contributed by atoms with Crippen molar-refractivity contribution in [2.45, 2.75) is 5.16 Å². The fourth-order valence-corrected chi connectivity index (χ4v) is 0.598. The lowest BCUT2D eigenvalue weighted by Crippen LogP contribution is -2.00. The van der Waals surface area contributed by atoms with E-state index >= 15 is 0 Å². The van der Waals surface area contributed by atoms with Gasteiger partial charge in [0.25, 0.3) is 0 Å². The minimum atomic E-state index is -0.295. The molecule has 1 radical (unpaired) electrons. The highest BCUT2D eigenvalue weighted by Gasteiger charge is 1.90. The molecule has 0 saturated heterocycles. The van der Waals surface area contributed by atoms with Crippen molar-refractivity contribution in [3.05, 3.63) is 16.7 Å². The van der Waals surface area contributed by atoms with E-state index in [0.717, 1.165) is 11.8 Å². The Balaban J connectivity index is 3.01. The first-order valence-electron chi connectivity index (χ1n) is 1.89. The molecule has 4 nitrogen and oxygen atoms in total. The van der Waals surface area contributed by atoms with Crippen LogP contribution in [0, 0.1) is 6.26 Å². The molecule has 1 heterocycles. The molecule has 0 saturated carbocycles. The lowest BCUT2D eigenvalue weighted by molar-refractivity contribution is 0.974. The van der Waals surface area contributed by atoms with E-state index < -0.39 is 0 Å². The van der Waals surface area contributed by atoms with Gasteiger partial charge >= 0.3 is 5.69 Å². The van der Waals surface area contributed by atoms with Gasteiger partial charge in [0.15, 0.2) is 5.16 Å². The van der Waals surface area contributed by atoms with Gasteiger partial charge in [0.2, 0.25) is 0 Å². The van der Waals surface area contributed by atoms with Crippen LogP contribution in [-0.4, -0.2) is 15.2 Å². The first-order valence-corrected chi connectivity index (χ1v) is 2.88. The second-order valence-electron chi connectivity index (χ2n) is 1.13. The first kappa shape index (κ1) is 5.43. The van der Waals surface area contributed by atoms with Crippen molar-refractivity contribution < 1.29 is 0 Å². The van der Waals surface area contributed by atoms with Crippen molar-refractivity contribution in [2.24, 2.45) is 0 Å². The molecule has 0 aliphatic heterocycles. The number of nitrogens with one attached hydrogen (secondary N) is 2. The Kier molecular flexibility index (Phi) is 1.38. The molecule has 0 spiro atoms. The van der Waals surface area contributed by atoms with Crippen molar-refractivity contribution in [1.29, 1.82) is 0 Å². The summed E-state index contributed by atoms with van der Waals surface area (Å²) in [6.07, 6.45) is 3.43. The van der Waals surface area contributed by atoms with Gasteiger partial charge in [-0.1, -0.05) is 11.8 Å². The van der Waals surface area contributed by atoms with Crippen LogP contribution in [0.25, 0.3) is 0 Å². The normalized spacial score (nSPS) is 9.62. The highest BCUT2D eigenvalue weighted by Crippen LogP contribution is 2.03. The fourth-order valence-electron chi connectivity index (χ4n) is 0.323. The molecular formula is C3H4N3OS. The lowest BCUT2D eigenvalue weighted by Gasteiger charge is -1.76. The standard InChI is InChI=1S/C3H4N3OS/c1-8-3-4-2(7)5-6-3/h1H2,(H2,4,5,6,7). The largest absolute Gasteiger partial charge is 0.341 e. The van der Waals surface area contributed by atoms with Gasteiger partial charge in [-0.2, -0.15) is 0 Å². The van der Waals surface area contributed by atoms with E-state index in [2.05, 4.69) is 21.4 Å². The van der Waals surface area contributed by atoms with E-state index in [0.29, 0.717) is 5.16 Å². The van der Waals surface area contributed by atoms with Crippen LogP contribution in [0.2, 0.25) is 0 Å².